The van der Waals surface area contributed by atoms with Gasteiger partial charge in [-0.25, -0.2) is 9.13 Å². The van der Waals surface area contributed by atoms with E-state index in [0.717, 1.165) is 102 Å². The summed E-state index contributed by atoms with van der Waals surface area (Å²) < 4.78 is 68.8. The van der Waals surface area contributed by atoms with Crippen LogP contribution in [0.4, 0.5) is 0 Å². The number of aliphatic hydroxyl groups excluding tert-OH is 1. The molecule has 0 saturated carbocycles. The van der Waals surface area contributed by atoms with E-state index in [2.05, 4.69) is 41.5 Å². The highest BCUT2D eigenvalue weighted by Gasteiger charge is 2.30. The van der Waals surface area contributed by atoms with E-state index >= 15 is 0 Å². The Hall–Kier alpha value is -1.94. The molecule has 19 heteroatoms. The Morgan fingerprint density at radius 2 is 0.447 bits per heavy atom. The SMILES string of the molecule is CCCCCCCCCCCCCCCCCCCCCCCC(=O)O[C@H](COC(=O)CCCCCCCCCCCCCCCCCCC)COP(=O)(O)OC[C@@H](O)COP(=O)(O)OC[C@@H](COC(=O)CCCCCCCCC(C)C)OC(=O)CCCCCCCCCCCCCCCC(C)C. The first-order valence-electron chi connectivity index (χ1n) is 43.5. The van der Waals surface area contributed by atoms with Crippen LogP contribution in [0.3, 0.4) is 0 Å². The zero-order valence-corrected chi connectivity index (χ0v) is 69.4. The second kappa shape index (κ2) is 75.5. The van der Waals surface area contributed by atoms with E-state index in [-0.39, 0.29) is 25.7 Å². The van der Waals surface area contributed by atoms with Gasteiger partial charge >= 0.3 is 39.5 Å². The molecular formula is C84H164O17P2. The first kappa shape index (κ1) is 101. The second-order valence-corrected chi connectivity index (χ2v) is 34.1. The van der Waals surface area contributed by atoms with E-state index in [1.54, 1.807) is 0 Å². The molecule has 17 nitrogen and oxygen atoms in total. The highest BCUT2D eigenvalue weighted by molar-refractivity contribution is 7.47. The minimum absolute atomic E-state index is 0.106. The van der Waals surface area contributed by atoms with Crippen LogP contribution in [0, 0.1) is 11.8 Å². The van der Waals surface area contributed by atoms with Gasteiger partial charge in [0.2, 0.25) is 0 Å². The smallest absolute Gasteiger partial charge is 0.462 e. The first-order chi connectivity index (χ1) is 49.9. The van der Waals surface area contributed by atoms with Gasteiger partial charge in [-0.2, -0.15) is 0 Å². The van der Waals surface area contributed by atoms with E-state index in [4.69, 9.17) is 37.0 Å². The van der Waals surface area contributed by atoms with Gasteiger partial charge in [-0.15, -0.1) is 0 Å². The zero-order chi connectivity index (χ0) is 75.6. The molecule has 0 amide bonds. The maximum atomic E-state index is 13.1. The first-order valence-corrected chi connectivity index (χ1v) is 46.5. The molecule has 103 heavy (non-hydrogen) atoms. The van der Waals surface area contributed by atoms with Crippen LogP contribution in [0.25, 0.3) is 0 Å². The molecule has 0 aliphatic heterocycles. The summed E-state index contributed by atoms with van der Waals surface area (Å²) in [6, 6.07) is 0. The molecule has 0 heterocycles. The Morgan fingerprint density at radius 1 is 0.262 bits per heavy atom. The highest BCUT2D eigenvalue weighted by atomic mass is 31.2. The Bertz CT molecular complexity index is 1980. The third-order valence-electron chi connectivity index (χ3n) is 19.7. The number of rotatable bonds is 83. The van der Waals surface area contributed by atoms with Gasteiger partial charge in [0, 0.05) is 25.7 Å². The van der Waals surface area contributed by atoms with Gasteiger partial charge < -0.3 is 33.8 Å². The molecule has 0 aliphatic rings. The molecule has 0 aliphatic carbocycles. The van der Waals surface area contributed by atoms with Crippen LogP contribution in [0.1, 0.15) is 446 Å². The van der Waals surface area contributed by atoms with Crippen LogP contribution in [-0.2, 0) is 65.4 Å². The molecule has 3 N–H and O–H groups in total. The van der Waals surface area contributed by atoms with Crippen molar-refractivity contribution in [1.82, 2.24) is 0 Å². The molecule has 0 radical (unpaired) electrons. The van der Waals surface area contributed by atoms with Crippen LogP contribution in [0.15, 0.2) is 0 Å². The minimum Gasteiger partial charge on any atom is -0.462 e. The van der Waals surface area contributed by atoms with Crippen LogP contribution in [0.5, 0.6) is 0 Å². The summed E-state index contributed by atoms with van der Waals surface area (Å²) in [7, 11) is -9.92. The number of carbonyl (C=O) groups is 4. The molecule has 0 aromatic heterocycles. The second-order valence-electron chi connectivity index (χ2n) is 31.2. The summed E-state index contributed by atoms with van der Waals surface area (Å²) in [4.78, 5) is 73.1. The molecule has 0 saturated heterocycles. The summed E-state index contributed by atoms with van der Waals surface area (Å²) in [5.41, 5.74) is 0. The van der Waals surface area contributed by atoms with Crippen molar-refractivity contribution in [3.8, 4) is 0 Å². The fourth-order valence-electron chi connectivity index (χ4n) is 13.1. The van der Waals surface area contributed by atoms with Crippen molar-refractivity contribution in [2.75, 3.05) is 39.6 Å². The standard InChI is InChI=1S/C84H164O17P2/c1-7-9-11-13-15-17-19-21-23-25-26-27-28-30-32-36-40-44-48-56-62-68-83(88)100-79(72-94-81(86)66-60-54-47-43-39-35-31-29-24-22-20-18-16-14-12-10-8-2)74-98-102(90,91)96-70-78(85)71-97-103(92,93)99-75-80(73-95-82(87)67-61-55-51-50-53-59-65-77(5)6)101-84(89)69-63-57-49-45-41-37-33-34-38-42-46-52-58-64-76(3)4/h76-80,85H,7-75H2,1-6H3,(H,90,91)(H,92,93)/t78-,79-,80-/m1/s1. The topological polar surface area (TPSA) is 237 Å². The maximum Gasteiger partial charge on any atom is 0.472 e. The number of carbonyl (C=O) groups excluding carboxylic acids is 4. The Kier molecular flexibility index (Phi) is 74.1. The summed E-state index contributed by atoms with van der Waals surface area (Å²) in [6.45, 7) is 9.59. The van der Waals surface area contributed by atoms with E-state index in [9.17, 15) is 43.2 Å². The van der Waals surface area contributed by atoms with Gasteiger partial charge in [0.05, 0.1) is 26.4 Å². The highest BCUT2D eigenvalue weighted by Crippen LogP contribution is 2.45. The lowest BCUT2D eigenvalue weighted by molar-refractivity contribution is -0.161. The van der Waals surface area contributed by atoms with Gasteiger partial charge in [0.1, 0.15) is 19.3 Å². The van der Waals surface area contributed by atoms with E-state index in [0.29, 0.717) is 31.6 Å². The number of aliphatic hydroxyl groups is 1. The summed E-state index contributed by atoms with van der Waals surface area (Å²) >= 11 is 0. The molecule has 0 spiro atoms. The quantitative estimate of drug-likeness (QED) is 0.0222. The van der Waals surface area contributed by atoms with Gasteiger partial charge in [0.15, 0.2) is 12.2 Å². The maximum absolute atomic E-state index is 13.1. The Morgan fingerprint density at radius 3 is 0.660 bits per heavy atom. The van der Waals surface area contributed by atoms with Crippen molar-refractivity contribution in [3.05, 3.63) is 0 Å². The Labute approximate surface area is 632 Å². The van der Waals surface area contributed by atoms with Crippen molar-refractivity contribution < 1.29 is 80.2 Å². The van der Waals surface area contributed by atoms with E-state index < -0.39 is 97.5 Å². The fraction of sp³-hybridized carbons (Fsp3) is 0.952. The molecule has 5 atom stereocenters. The van der Waals surface area contributed by atoms with Gasteiger partial charge in [0.25, 0.3) is 0 Å². The summed E-state index contributed by atoms with van der Waals surface area (Å²) in [6.07, 6.45) is 66.9. The van der Waals surface area contributed by atoms with Gasteiger partial charge in [-0.1, -0.05) is 395 Å². The third-order valence-corrected chi connectivity index (χ3v) is 21.6. The fourth-order valence-corrected chi connectivity index (χ4v) is 14.6. The van der Waals surface area contributed by atoms with Gasteiger partial charge in [-0.05, 0) is 37.5 Å². The number of hydrogen-bond acceptors (Lipinski definition) is 15. The zero-order valence-electron chi connectivity index (χ0n) is 67.6. The number of esters is 4. The summed E-state index contributed by atoms with van der Waals surface area (Å²) in [5.74, 6) is -0.642. The predicted octanol–water partition coefficient (Wildman–Crippen LogP) is 25.5. The summed E-state index contributed by atoms with van der Waals surface area (Å²) in [5, 5.41) is 10.7. The van der Waals surface area contributed by atoms with E-state index in [1.165, 1.54) is 257 Å². The van der Waals surface area contributed by atoms with Crippen LogP contribution >= 0.6 is 15.6 Å². The van der Waals surface area contributed by atoms with Crippen molar-refractivity contribution in [3.63, 3.8) is 0 Å². The third kappa shape index (κ3) is 78.0. The number of phosphoric ester groups is 2. The lowest BCUT2D eigenvalue weighted by Crippen LogP contribution is -2.30. The molecule has 0 aromatic rings. The molecule has 0 aromatic carbocycles. The van der Waals surface area contributed by atoms with Crippen LogP contribution < -0.4 is 0 Å². The van der Waals surface area contributed by atoms with Crippen molar-refractivity contribution >= 4 is 39.5 Å². The molecule has 2 unspecified atom stereocenters. The molecule has 0 bridgehead atoms. The van der Waals surface area contributed by atoms with Crippen molar-refractivity contribution in [2.45, 2.75) is 464 Å². The largest absolute Gasteiger partial charge is 0.472 e. The molecular weight excluding hydrogens is 1340 g/mol. The Balaban J connectivity index is 5.21. The van der Waals surface area contributed by atoms with Crippen LogP contribution in [-0.4, -0.2) is 96.7 Å². The number of ether oxygens (including phenoxy) is 4. The molecule has 0 fully saturated rings. The van der Waals surface area contributed by atoms with Crippen molar-refractivity contribution in [2.24, 2.45) is 11.8 Å². The molecule has 0 rings (SSSR count). The lowest BCUT2D eigenvalue weighted by Gasteiger charge is -2.21. The lowest BCUT2D eigenvalue weighted by atomic mass is 10.0. The average Bonchev–Trinajstić information content (AvgIpc) is 0.919. The van der Waals surface area contributed by atoms with Crippen molar-refractivity contribution in [1.29, 1.82) is 0 Å². The molecule has 612 valence electrons. The van der Waals surface area contributed by atoms with E-state index in [1.807, 2.05) is 0 Å². The van der Waals surface area contributed by atoms with Crippen LogP contribution in [0.2, 0.25) is 0 Å². The monoisotopic (exact) mass is 1510 g/mol. The number of phosphoric acid groups is 2. The number of hydrogen-bond donors (Lipinski definition) is 3. The normalized spacial score (nSPS) is 13.9. The number of unbranched alkanes of at least 4 members (excludes halogenated alkanes) is 53. The van der Waals surface area contributed by atoms with Gasteiger partial charge in [-0.3, -0.25) is 37.3 Å². The average molecular weight is 1510 g/mol. The predicted molar refractivity (Wildman–Crippen MR) is 423 cm³/mol. The minimum atomic E-state index is -4.96.